The molecule has 0 atom stereocenters. The Labute approximate surface area is 86.9 Å². The zero-order chi connectivity index (χ0) is 9.80. The maximum absolute atomic E-state index is 5.63. The van der Waals surface area contributed by atoms with Crippen LogP contribution < -0.4 is 10.5 Å². The van der Waals surface area contributed by atoms with E-state index in [1.165, 1.54) is 5.56 Å². The van der Waals surface area contributed by atoms with Crippen LogP contribution in [0.25, 0.3) is 0 Å². The summed E-state index contributed by atoms with van der Waals surface area (Å²) >= 11 is 1.67. The van der Waals surface area contributed by atoms with Crippen molar-refractivity contribution in [1.29, 1.82) is 0 Å². The highest BCUT2D eigenvalue weighted by Crippen LogP contribution is 2.16. The first kappa shape index (κ1) is 9.09. The molecule has 14 heavy (non-hydrogen) atoms. The molecule has 0 fully saturated rings. The van der Waals surface area contributed by atoms with Gasteiger partial charge in [-0.1, -0.05) is 6.07 Å². The molecule has 0 radical (unpaired) electrons. The Bertz CT molecular complexity index is 397. The third-order valence-electron chi connectivity index (χ3n) is 1.84. The van der Waals surface area contributed by atoms with E-state index >= 15 is 0 Å². The van der Waals surface area contributed by atoms with Gasteiger partial charge in [-0.15, -0.1) is 0 Å². The molecule has 0 saturated heterocycles. The number of hydrogen-bond acceptors (Lipinski definition) is 3. The SMILES string of the molecule is Nc1cccc(OCc2ccsc2)c1. The quantitative estimate of drug-likeness (QED) is 0.782. The number of nitrogen functional groups attached to an aromatic ring is 1. The summed E-state index contributed by atoms with van der Waals surface area (Å²) in [5.41, 5.74) is 7.55. The van der Waals surface area contributed by atoms with Crippen molar-refractivity contribution in [3.63, 3.8) is 0 Å². The summed E-state index contributed by atoms with van der Waals surface area (Å²) in [7, 11) is 0. The van der Waals surface area contributed by atoms with Gasteiger partial charge >= 0.3 is 0 Å². The molecule has 0 unspecified atom stereocenters. The standard InChI is InChI=1S/C11H11NOS/c12-10-2-1-3-11(6-10)13-7-9-4-5-14-8-9/h1-6,8H,7,12H2. The molecule has 0 aliphatic carbocycles. The Kier molecular flexibility index (Phi) is 2.70. The summed E-state index contributed by atoms with van der Waals surface area (Å²) in [6.45, 7) is 0.604. The van der Waals surface area contributed by atoms with E-state index in [1.807, 2.05) is 29.6 Å². The fourth-order valence-corrected chi connectivity index (χ4v) is 1.80. The predicted molar refractivity (Wildman–Crippen MR) is 59.5 cm³/mol. The van der Waals surface area contributed by atoms with Crippen LogP contribution in [0.15, 0.2) is 41.1 Å². The Morgan fingerprint density at radius 2 is 2.21 bits per heavy atom. The molecule has 2 aromatic rings. The van der Waals surface area contributed by atoms with Crippen LogP contribution in [-0.2, 0) is 6.61 Å². The largest absolute Gasteiger partial charge is 0.489 e. The smallest absolute Gasteiger partial charge is 0.121 e. The number of anilines is 1. The summed E-state index contributed by atoms with van der Waals surface area (Å²) in [6.07, 6.45) is 0. The van der Waals surface area contributed by atoms with E-state index in [2.05, 4.69) is 11.4 Å². The van der Waals surface area contributed by atoms with Crippen LogP contribution in [0.2, 0.25) is 0 Å². The third-order valence-corrected chi connectivity index (χ3v) is 2.58. The zero-order valence-electron chi connectivity index (χ0n) is 7.64. The third kappa shape index (κ3) is 2.26. The van der Waals surface area contributed by atoms with Gasteiger partial charge in [0.1, 0.15) is 12.4 Å². The molecule has 2 nitrogen and oxygen atoms in total. The van der Waals surface area contributed by atoms with E-state index < -0.39 is 0 Å². The van der Waals surface area contributed by atoms with Gasteiger partial charge in [-0.25, -0.2) is 0 Å². The van der Waals surface area contributed by atoms with Gasteiger partial charge in [-0.2, -0.15) is 11.3 Å². The Morgan fingerprint density at radius 3 is 2.93 bits per heavy atom. The van der Waals surface area contributed by atoms with Crippen LogP contribution in [0.3, 0.4) is 0 Å². The average molecular weight is 205 g/mol. The highest BCUT2D eigenvalue weighted by Gasteiger charge is 1.96. The van der Waals surface area contributed by atoms with Crippen molar-refractivity contribution in [1.82, 2.24) is 0 Å². The molecule has 0 amide bonds. The normalized spacial score (nSPS) is 10.0. The molecule has 1 aromatic carbocycles. The van der Waals surface area contributed by atoms with Gasteiger partial charge in [-0.05, 0) is 34.5 Å². The van der Waals surface area contributed by atoms with Crippen LogP contribution in [-0.4, -0.2) is 0 Å². The average Bonchev–Trinajstić information content (AvgIpc) is 2.67. The van der Waals surface area contributed by atoms with Crippen LogP contribution in [0, 0.1) is 0 Å². The molecule has 0 bridgehead atoms. The number of benzene rings is 1. The summed E-state index contributed by atoms with van der Waals surface area (Å²) < 4.78 is 5.56. The highest BCUT2D eigenvalue weighted by atomic mass is 32.1. The van der Waals surface area contributed by atoms with Crippen LogP contribution in [0.4, 0.5) is 5.69 Å². The Balaban J connectivity index is 1.98. The predicted octanol–water partition coefficient (Wildman–Crippen LogP) is 2.91. The lowest BCUT2D eigenvalue weighted by atomic mass is 10.3. The van der Waals surface area contributed by atoms with E-state index in [0.717, 1.165) is 11.4 Å². The second kappa shape index (κ2) is 4.15. The van der Waals surface area contributed by atoms with Gasteiger partial charge in [0.25, 0.3) is 0 Å². The number of rotatable bonds is 3. The molecule has 3 heteroatoms. The van der Waals surface area contributed by atoms with Crippen LogP contribution >= 0.6 is 11.3 Å². The van der Waals surface area contributed by atoms with Gasteiger partial charge in [-0.3, -0.25) is 0 Å². The first-order valence-electron chi connectivity index (χ1n) is 4.34. The molecule has 0 saturated carbocycles. The van der Waals surface area contributed by atoms with Crippen LogP contribution in [0.1, 0.15) is 5.56 Å². The molecular weight excluding hydrogens is 194 g/mol. The molecule has 1 heterocycles. The van der Waals surface area contributed by atoms with Crippen molar-refractivity contribution in [3.05, 3.63) is 46.7 Å². The number of thiophene rings is 1. The molecule has 0 aliphatic rings. The van der Waals surface area contributed by atoms with Crippen molar-refractivity contribution >= 4 is 17.0 Å². The molecule has 2 rings (SSSR count). The lowest BCUT2D eigenvalue weighted by molar-refractivity contribution is 0.307. The first-order valence-corrected chi connectivity index (χ1v) is 5.28. The summed E-state index contributed by atoms with van der Waals surface area (Å²) in [5, 5.41) is 4.12. The van der Waals surface area contributed by atoms with E-state index in [4.69, 9.17) is 10.5 Å². The topological polar surface area (TPSA) is 35.2 Å². The van der Waals surface area contributed by atoms with E-state index in [1.54, 1.807) is 11.3 Å². The maximum Gasteiger partial charge on any atom is 0.121 e. The Hall–Kier alpha value is -1.48. The van der Waals surface area contributed by atoms with E-state index in [-0.39, 0.29) is 0 Å². The molecule has 1 aromatic heterocycles. The second-order valence-electron chi connectivity index (χ2n) is 2.99. The van der Waals surface area contributed by atoms with Gasteiger partial charge < -0.3 is 10.5 Å². The number of nitrogens with two attached hydrogens (primary N) is 1. The molecule has 0 spiro atoms. The first-order chi connectivity index (χ1) is 6.84. The summed E-state index contributed by atoms with van der Waals surface area (Å²) in [5.74, 6) is 0.816. The summed E-state index contributed by atoms with van der Waals surface area (Å²) in [4.78, 5) is 0. The Morgan fingerprint density at radius 1 is 1.29 bits per heavy atom. The lowest BCUT2D eigenvalue weighted by Crippen LogP contribution is -1.94. The number of ether oxygens (including phenoxy) is 1. The van der Waals surface area contributed by atoms with Crippen molar-refractivity contribution < 1.29 is 4.74 Å². The second-order valence-corrected chi connectivity index (χ2v) is 3.77. The minimum Gasteiger partial charge on any atom is -0.489 e. The fraction of sp³-hybridized carbons (Fsp3) is 0.0909. The molecule has 2 N–H and O–H groups in total. The monoisotopic (exact) mass is 205 g/mol. The zero-order valence-corrected chi connectivity index (χ0v) is 8.46. The molecular formula is C11H11NOS. The summed E-state index contributed by atoms with van der Waals surface area (Å²) in [6, 6.07) is 9.52. The molecule has 72 valence electrons. The van der Waals surface area contributed by atoms with Crippen molar-refractivity contribution in [2.75, 3.05) is 5.73 Å². The van der Waals surface area contributed by atoms with Gasteiger partial charge in [0, 0.05) is 11.8 Å². The van der Waals surface area contributed by atoms with Gasteiger partial charge in [0.05, 0.1) is 0 Å². The maximum atomic E-state index is 5.63. The minimum absolute atomic E-state index is 0.604. The van der Waals surface area contributed by atoms with Crippen molar-refractivity contribution in [3.8, 4) is 5.75 Å². The number of hydrogen-bond donors (Lipinski definition) is 1. The van der Waals surface area contributed by atoms with Gasteiger partial charge in [0.2, 0.25) is 0 Å². The van der Waals surface area contributed by atoms with Crippen LogP contribution in [0.5, 0.6) is 5.75 Å². The van der Waals surface area contributed by atoms with Crippen molar-refractivity contribution in [2.45, 2.75) is 6.61 Å². The van der Waals surface area contributed by atoms with Crippen molar-refractivity contribution in [2.24, 2.45) is 0 Å². The van der Waals surface area contributed by atoms with Gasteiger partial charge in [0.15, 0.2) is 0 Å². The lowest BCUT2D eigenvalue weighted by Gasteiger charge is -2.04. The highest BCUT2D eigenvalue weighted by molar-refractivity contribution is 7.07. The molecule has 0 aliphatic heterocycles. The van der Waals surface area contributed by atoms with E-state index in [9.17, 15) is 0 Å². The minimum atomic E-state index is 0.604. The fourth-order valence-electron chi connectivity index (χ4n) is 1.15. The van der Waals surface area contributed by atoms with E-state index in [0.29, 0.717) is 6.61 Å².